The monoisotopic (exact) mass is 396 g/mol. The molecule has 2 amide bonds. The second-order valence-electron chi connectivity index (χ2n) is 7.15. The molecule has 2 rings (SSSR count). The van der Waals surface area contributed by atoms with Crippen molar-refractivity contribution in [2.75, 3.05) is 18.4 Å². The number of carbonyl (C=O) groups is 2. The van der Waals surface area contributed by atoms with Crippen LogP contribution in [0.25, 0.3) is 0 Å². The lowest BCUT2D eigenvalue weighted by atomic mass is 9.98. The van der Waals surface area contributed by atoms with Crippen molar-refractivity contribution in [2.45, 2.75) is 53.1 Å². The van der Waals surface area contributed by atoms with Crippen molar-refractivity contribution >= 4 is 17.5 Å². The molecule has 0 fully saturated rings. The van der Waals surface area contributed by atoms with Crippen LogP contribution in [-0.2, 0) is 4.79 Å². The Bertz CT molecular complexity index is 813. The number of benzene rings is 2. The van der Waals surface area contributed by atoms with Gasteiger partial charge in [0.15, 0.2) is 6.10 Å². The molecule has 0 aliphatic rings. The first-order chi connectivity index (χ1) is 13.9. The van der Waals surface area contributed by atoms with Crippen LogP contribution < -0.4 is 10.1 Å². The molecule has 0 aliphatic carbocycles. The van der Waals surface area contributed by atoms with E-state index in [1.54, 1.807) is 36.1 Å². The maximum atomic E-state index is 12.6. The van der Waals surface area contributed by atoms with Gasteiger partial charge in [0.1, 0.15) is 5.75 Å². The van der Waals surface area contributed by atoms with Crippen LogP contribution in [0.5, 0.6) is 5.75 Å². The quantitative estimate of drug-likeness (QED) is 0.642. The molecule has 2 aromatic carbocycles. The predicted octanol–water partition coefficient (Wildman–Crippen LogP) is 5.09. The zero-order valence-corrected chi connectivity index (χ0v) is 18.1. The first kappa shape index (κ1) is 22.5. The van der Waals surface area contributed by atoms with E-state index in [1.807, 2.05) is 38.1 Å². The molecule has 0 aliphatic heterocycles. The minimum Gasteiger partial charge on any atom is -0.481 e. The molecule has 2 aromatic rings. The minimum absolute atomic E-state index is 0.00812. The molecule has 0 heterocycles. The van der Waals surface area contributed by atoms with Crippen molar-refractivity contribution in [3.63, 3.8) is 0 Å². The number of hydrogen-bond donors (Lipinski definition) is 1. The average molecular weight is 397 g/mol. The van der Waals surface area contributed by atoms with Crippen LogP contribution in [0.4, 0.5) is 5.69 Å². The Labute approximate surface area is 174 Å². The van der Waals surface area contributed by atoms with Gasteiger partial charge >= 0.3 is 0 Å². The Morgan fingerprint density at radius 3 is 2.17 bits per heavy atom. The summed E-state index contributed by atoms with van der Waals surface area (Å²) < 4.78 is 5.95. The summed E-state index contributed by atoms with van der Waals surface area (Å²) in [6.07, 6.45) is 0.358. The Morgan fingerprint density at radius 2 is 1.59 bits per heavy atom. The Hall–Kier alpha value is -2.82. The molecule has 2 unspecified atom stereocenters. The SMILES string of the molecule is CCC(C)c1ccccc1OC(C)C(=O)Nc1ccc(C(=O)N(CC)CC)cc1. The van der Waals surface area contributed by atoms with E-state index in [0.29, 0.717) is 30.3 Å². The van der Waals surface area contributed by atoms with Gasteiger partial charge in [0.2, 0.25) is 0 Å². The number of ether oxygens (including phenoxy) is 1. The predicted molar refractivity (Wildman–Crippen MR) is 118 cm³/mol. The van der Waals surface area contributed by atoms with Gasteiger partial charge in [-0.1, -0.05) is 32.0 Å². The van der Waals surface area contributed by atoms with E-state index in [4.69, 9.17) is 4.74 Å². The van der Waals surface area contributed by atoms with Gasteiger partial charge in [-0.2, -0.15) is 0 Å². The molecule has 1 N–H and O–H groups in total. The van der Waals surface area contributed by atoms with E-state index >= 15 is 0 Å². The van der Waals surface area contributed by atoms with Crippen LogP contribution in [0.3, 0.4) is 0 Å². The molecule has 5 nitrogen and oxygen atoms in total. The highest BCUT2D eigenvalue weighted by Gasteiger charge is 2.18. The van der Waals surface area contributed by atoms with Crippen LogP contribution in [0.15, 0.2) is 48.5 Å². The molecule has 0 radical (unpaired) electrons. The van der Waals surface area contributed by atoms with Crippen molar-refractivity contribution in [1.82, 2.24) is 4.90 Å². The molecule has 29 heavy (non-hydrogen) atoms. The zero-order chi connectivity index (χ0) is 21.4. The smallest absolute Gasteiger partial charge is 0.265 e. The highest BCUT2D eigenvalue weighted by atomic mass is 16.5. The van der Waals surface area contributed by atoms with E-state index in [9.17, 15) is 9.59 Å². The van der Waals surface area contributed by atoms with Crippen molar-refractivity contribution < 1.29 is 14.3 Å². The van der Waals surface area contributed by atoms with Gasteiger partial charge in [-0.05, 0) is 69.0 Å². The molecule has 2 atom stereocenters. The third-order valence-electron chi connectivity index (χ3n) is 5.19. The Morgan fingerprint density at radius 1 is 0.966 bits per heavy atom. The lowest BCUT2D eigenvalue weighted by Gasteiger charge is -2.20. The molecule has 0 bridgehead atoms. The van der Waals surface area contributed by atoms with Crippen LogP contribution in [0.2, 0.25) is 0 Å². The van der Waals surface area contributed by atoms with Gasteiger partial charge < -0.3 is 15.0 Å². The first-order valence-electron chi connectivity index (χ1n) is 10.4. The van der Waals surface area contributed by atoms with E-state index in [1.165, 1.54) is 0 Å². The average Bonchev–Trinajstić information content (AvgIpc) is 2.74. The molecule has 0 spiro atoms. The van der Waals surface area contributed by atoms with E-state index in [0.717, 1.165) is 17.7 Å². The van der Waals surface area contributed by atoms with Gasteiger partial charge in [0.05, 0.1) is 0 Å². The number of nitrogens with one attached hydrogen (secondary N) is 1. The van der Waals surface area contributed by atoms with Crippen molar-refractivity contribution in [2.24, 2.45) is 0 Å². The third kappa shape index (κ3) is 5.83. The lowest BCUT2D eigenvalue weighted by molar-refractivity contribution is -0.122. The molecule has 0 saturated heterocycles. The molecule has 0 aromatic heterocycles. The molecular weight excluding hydrogens is 364 g/mol. The Balaban J connectivity index is 2.02. The third-order valence-corrected chi connectivity index (χ3v) is 5.19. The number of nitrogens with zero attached hydrogens (tertiary/aromatic N) is 1. The topological polar surface area (TPSA) is 58.6 Å². The van der Waals surface area contributed by atoms with Gasteiger partial charge in [0, 0.05) is 24.3 Å². The number of amides is 2. The number of rotatable bonds is 9. The number of carbonyl (C=O) groups excluding carboxylic acids is 2. The summed E-state index contributed by atoms with van der Waals surface area (Å²) >= 11 is 0. The standard InChI is InChI=1S/C24H32N2O3/c1-6-17(4)21-11-9-10-12-22(21)29-18(5)23(27)25-20-15-13-19(14-16-20)24(28)26(7-2)8-3/h9-18H,6-8H2,1-5H3,(H,25,27). The van der Waals surface area contributed by atoms with Crippen molar-refractivity contribution in [1.29, 1.82) is 0 Å². The lowest BCUT2D eigenvalue weighted by Crippen LogP contribution is -2.31. The molecule has 5 heteroatoms. The molecule has 0 saturated carbocycles. The summed E-state index contributed by atoms with van der Waals surface area (Å²) in [7, 11) is 0. The molecule has 156 valence electrons. The normalized spacial score (nSPS) is 12.7. The largest absolute Gasteiger partial charge is 0.481 e. The summed E-state index contributed by atoms with van der Waals surface area (Å²) in [4.78, 5) is 26.7. The second kappa shape index (κ2) is 10.6. The summed E-state index contributed by atoms with van der Waals surface area (Å²) in [5.41, 5.74) is 2.35. The molecular formula is C24H32N2O3. The van der Waals surface area contributed by atoms with E-state index in [-0.39, 0.29) is 11.8 Å². The minimum atomic E-state index is -0.641. The Kier molecular flexibility index (Phi) is 8.25. The van der Waals surface area contributed by atoms with Crippen LogP contribution in [0, 0.1) is 0 Å². The summed E-state index contributed by atoms with van der Waals surface area (Å²) in [5.74, 6) is 0.861. The van der Waals surface area contributed by atoms with Gasteiger partial charge in [-0.3, -0.25) is 9.59 Å². The zero-order valence-electron chi connectivity index (χ0n) is 18.1. The fourth-order valence-corrected chi connectivity index (χ4v) is 3.09. The maximum absolute atomic E-state index is 12.6. The van der Waals surface area contributed by atoms with Gasteiger partial charge in [-0.15, -0.1) is 0 Å². The van der Waals surface area contributed by atoms with Gasteiger partial charge in [-0.25, -0.2) is 0 Å². The van der Waals surface area contributed by atoms with Crippen molar-refractivity contribution in [3.05, 3.63) is 59.7 Å². The fraction of sp³-hybridized carbons (Fsp3) is 0.417. The van der Waals surface area contributed by atoms with Crippen LogP contribution in [-0.4, -0.2) is 35.9 Å². The highest BCUT2D eigenvalue weighted by molar-refractivity contribution is 5.96. The number of anilines is 1. The van der Waals surface area contributed by atoms with Gasteiger partial charge in [0.25, 0.3) is 11.8 Å². The van der Waals surface area contributed by atoms with E-state index in [2.05, 4.69) is 19.2 Å². The highest BCUT2D eigenvalue weighted by Crippen LogP contribution is 2.29. The van der Waals surface area contributed by atoms with Crippen LogP contribution in [0.1, 0.15) is 62.9 Å². The van der Waals surface area contributed by atoms with E-state index < -0.39 is 6.10 Å². The maximum Gasteiger partial charge on any atom is 0.265 e. The first-order valence-corrected chi connectivity index (χ1v) is 10.4. The summed E-state index contributed by atoms with van der Waals surface area (Å²) in [5, 5.41) is 2.86. The van der Waals surface area contributed by atoms with Crippen LogP contribution >= 0.6 is 0 Å². The number of para-hydroxylation sites is 1. The van der Waals surface area contributed by atoms with Crippen molar-refractivity contribution in [3.8, 4) is 5.75 Å². The fourth-order valence-electron chi connectivity index (χ4n) is 3.09. The summed E-state index contributed by atoms with van der Waals surface area (Å²) in [6.45, 7) is 11.3. The number of hydrogen-bond acceptors (Lipinski definition) is 3. The second-order valence-corrected chi connectivity index (χ2v) is 7.15. The summed E-state index contributed by atoms with van der Waals surface area (Å²) in [6, 6.07) is 14.8.